The van der Waals surface area contributed by atoms with E-state index in [1.165, 1.54) is 0 Å². The van der Waals surface area contributed by atoms with Crippen LogP contribution in [-0.4, -0.2) is 77.5 Å². The monoisotopic (exact) mass is 434 g/mol. The molecule has 10 heteroatoms. The maximum absolute atomic E-state index is 5.54. The number of tetrazole rings is 1. The van der Waals surface area contributed by atoms with Crippen LogP contribution in [-0.2, 0) is 6.54 Å². The highest BCUT2D eigenvalue weighted by Gasteiger charge is 2.31. The molecule has 1 fully saturated rings. The molecule has 30 heavy (non-hydrogen) atoms. The van der Waals surface area contributed by atoms with Gasteiger partial charge >= 0.3 is 0 Å². The summed E-state index contributed by atoms with van der Waals surface area (Å²) in [7, 11) is 5.43. The topological polar surface area (TPSA) is 81.7 Å². The minimum atomic E-state index is -0.103. The molecule has 3 aromatic rings. The number of piperazine rings is 1. The summed E-state index contributed by atoms with van der Waals surface area (Å²) in [5, 5.41) is 12.6. The number of halogens is 1. The van der Waals surface area contributed by atoms with E-state index in [1.54, 1.807) is 25.2 Å². The number of furan rings is 1. The van der Waals surface area contributed by atoms with Gasteiger partial charge in [-0.25, -0.2) is 4.68 Å². The standard InChI is InChI=1S/C20H26N6O3.ClH/c1-24-8-10-25(11-9-24)19(15-6-7-17(27-2)18(13-15)28-3)20-21-22-23-26(20)14-16-5-4-12-29-16;/h4-7,12-13,19H,8-11,14H2,1-3H3;1H. The van der Waals surface area contributed by atoms with Crippen LogP contribution in [0.4, 0.5) is 0 Å². The molecule has 0 radical (unpaired) electrons. The second kappa shape index (κ2) is 9.92. The van der Waals surface area contributed by atoms with Crippen molar-refractivity contribution in [1.82, 2.24) is 30.0 Å². The average molecular weight is 435 g/mol. The average Bonchev–Trinajstić information content (AvgIpc) is 3.42. The van der Waals surface area contributed by atoms with Crippen LogP contribution >= 0.6 is 12.4 Å². The molecule has 0 saturated carbocycles. The molecule has 4 rings (SSSR count). The highest BCUT2D eigenvalue weighted by atomic mass is 35.5. The van der Waals surface area contributed by atoms with Crippen molar-refractivity contribution in [2.45, 2.75) is 12.6 Å². The zero-order valence-corrected chi connectivity index (χ0v) is 18.2. The Kier molecular flexibility index (Phi) is 7.30. The van der Waals surface area contributed by atoms with E-state index in [0.29, 0.717) is 18.0 Å². The van der Waals surface area contributed by atoms with Gasteiger partial charge in [-0.2, -0.15) is 0 Å². The Hall–Kier alpha value is -2.62. The van der Waals surface area contributed by atoms with Gasteiger partial charge in [-0.1, -0.05) is 6.07 Å². The van der Waals surface area contributed by atoms with E-state index < -0.39 is 0 Å². The minimum absolute atomic E-state index is 0. The normalized spacial score (nSPS) is 16.1. The molecule has 1 aliphatic heterocycles. The molecule has 1 aliphatic rings. The van der Waals surface area contributed by atoms with Gasteiger partial charge in [-0.05, 0) is 47.3 Å². The molecule has 0 amide bonds. The molecule has 1 aromatic carbocycles. The van der Waals surface area contributed by atoms with E-state index in [-0.39, 0.29) is 18.4 Å². The molecule has 0 aliphatic carbocycles. The maximum atomic E-state index is 5.54. The third-order valence-electron chi connectivity index (χ3n) is 5.32. The number of benzene rings is 1. The van der Waals surface area contributed by atoms with Gasteiger partial charge in [0.1, 0.15) is 12.3 Å². The lowest BCUT2D eigenvalue weighted by atomic mass is 10.0. The molecular formula is C20H27ClN6O3. The van der Waals surface area contributed by atoms with Gasteiger partial charge in [0.2, 0.25) is 0 Å². The van der Waals surface area contributed by atoms with Gasteiger partial charge in [0, 0.05) is 26.2 Å². The van der Waals surface area contributed by atoms with Crippen LogP contribution < -0.4 is 9.47 Å². The quantitative estimate of drug-likeness (QED) is 0.559. The Balaban J connectivity index is 0.00000256. The Bertz CT molecular complexity index is 925. The smallest absolute Gasteiger partial charge is 0.173 e. The van der Waals surface area contributed by atoms with Crippen molar-refractivity contribution in [2.24, 2.45) is 0 Å². The van der Waals surface area contributed by atoms with Gasteiger partial charge in [-0.3, -0.25) is 4.90 Å². The van der Waals surface area contributed by atoms with Gasteiger partial charge in [0.05, 0.1) is 26.5 Å². The van der Waals surface area contributed by atoms with Gasteiger partial charge in [0.15, 0.2) is 17.3 Å². The van der Waals surface area contributed by atoms with Crippen molar-refractivity contribution >= 4 is 12.4 Å². The number of hydrogen-bond donors (Lipinski definition) is 0. The number of nitrogens with zero attached hydrogens (tertiary/aromatic N) is 6. The number of likely N-dealkylation sites (N-methyl/N-ethyl adjacent to an activating group) is 1. The fraction of sp³-hybridized carbons (Fsp3) is 0.450. The molecule has 0 bridgehead atoms. The van der Waals surface area contributed by atoms with Crippen molar-refractivity contribution in [2.75, 3.05) is 47.4 Å². The Morgan fingerprint density at radius 1 is 1.07 bits per heavy atom. The van der Waals surface area contributed by atoms with Crippen LogP contribution in [0.15, 0.2) is 41.0 Å². The molecule has 0 N–H and O–H groups in total. The lowest BCUT2D eigenvalue weighted by Crippen LogP contribution is -2.46. The molecule has 2 aromatic heterocycles. The van der Waals surface area contributed by atoms with Crippen molar-refractivity contribution in [3.63, 3.8) is 0 Å². The van der Waals surface area contributed by atoms with Crippen LogP contribution in [0.2, 0.25) is 0 Å². The van der Waals surface area contributed by atoms with Crippen LogP contribution in [0.3, 0.4) is 0 Å². The molecule has 1 unspecified atom stereocenters. The first kappa shape index (κ1) is 22.1. The minimum Gasteiger partial charge on any atom is -0.493 e. The van der Waals surface area contributed by atoms with Crippen LogP contribution in [0.5, 0.6) is 11.5 Å². The Labute approximate surface area is 182 Å². The highest BCUT2D eigenvalue weighted by Crippen LogP contribution is 2.35. The predicted octanol–water partition coefficient (Wildman–Crippen LogP) is 2.09. The van der Waals surface area contributed by atoms with E-state index in [4.69, 9.17) is 13.9 Å². The number of ether oxygens (including phenoxy) is 2. The van der Waals surface area contributed by atoms with E-state index in [1.807, 2.05) is 24.3 Å². The van der Waals surface area contributed by atoms with Gasteiger partial charge < -0.3 is 18.8 Å². The summed E-state index contributed by atoms with van der Waals surface area (Å²) in [6.45, 7) is 4.30. The molecule has 3 heterocycles. The summed E-state index contributed by atoms with van der Waals surface area (Å²) in [5.41, 5.74) is 1.06. The van der Waals surface area contributed by atoms with E-state index in [0.717, 1.165) is 43.3 Å². The molecule has 9 nitrogen and oxygen atoms in total. The van der Waals surface area contributed by atoms with Crippen LogP contribution in [0.1, 0.15) is 23.2 Å². The second-order valence-electron chi connectivity index (χ2n) is 7.13. The van der Waals surface area contributed by atoms with Crippen molar-refractivity contribution < 1.29 is 13.9 Å². The third kappa shape index (κ3) is 4.58. The first-order valence-electron chi connectivity index (χ1n) is 9.62. The summed E-state index contributed by atoms with van der Waals surface area (Å²) < 4.78 is 18.3. The molecule has 0 spiro atoms. The van der Waals surface area contributed by atoms with Gasteiger partial charge in [0.25, 0.3) is 0 Å². The van der Waals surface area contributed by atoms with Crippen molar-refractivity contribution in [3.05, 3.63) is 53.7 Å². The lowest BCUT2D eigenvalue weighted by molar-refractivity contribution is 0.121. The number of methoxy groups -OCH3 is 2. The first-order chi connectivity index (χ1) is 14.2. The SMILES string of the molecule is COc1ccc(C(c2nnnn2Cc2ccco2)N2CCN(C)CC2)cc1OC.Cl. The highest BCUT2D eigenvalue weighted by molar-refractivity contribution is 5.85. The molecular weight excluding hydrogens is 408 g/mol. The Morgan fingerprint density at radius 3 is 2.50 bits per heavy atom. The number of hydrogen-bond acceptors (Lipinski definition) is 8. The van der Waals surface area contributed by atoms with Gasteiger partial charge in [-0.15, -0.1) is 17.5 Å². The fourth-order valence-corrected chi connectivity index (χ4v) is 3.70. The largest absolute Gasteiger partial charge is 0.493 e. The predicted molar refractivity (Wildman–Crippen MR) is 113 cm³/mol. The zero-order valence-electron chi connectivity index (χ0n) is 17.4. The van der Waals surface area contributed by atoms with E-state index in [9.17, 15) is 0 Å². The van der Waals surface area contributed by atoms with Crippen molar-refractivity contribution in [3.8, 4) is 11.5 Å². The summed E-state index contributed by atoms with van der Waals surface area (Å²) in [5.74, 6) is 2.97. The third-order valence-corrected chi connectivity index (χ3v) is 5.32. The first-order valence-corrected chi connectivity index (χ1v) is 9.62. The summed E-state index contributed by atoms with van der Waals surface area (Å²) in [6, 6.07) is 9.67. The fourth-order valence-electron chi connectivity index (χ4n) is 3.70. The summed E-state index contributed by atoms with van der Waals surface area (Å²) in [4.78, 5) is 4.74. The number of aromatic nitrogens is 4. The molecule has 1 saturated heterocycles. The summed E-state index contributed by atoms with van der Waals surface area (Å²) in [6.07, 6.45) is 1.66. The van der Waals surface area contributed by atoms with E-state index >= 15 is 0 Å². The van der Waals surface area contributed by atoms with E-state index in [2.05, 4.69) is 38.4 Å². The lowest BCUT2D eigenvalue weighted by Gasteiger charge is -2.37. The number of rotatable bonds is 7. The second-order valence-corrected chi connectivity index (χ2v) is 7.13. The van der Waals surface area contributed by atoms with Crippen molar-refractivity contribution in [1.29, 1.82) is 0 Å². The molecule has 1 atom stereocenters. The Morgan fingerprint density at radius 2 is 1.83 bits per heavy atom. The maximum Gasteiger partial charge on any atom is 0.173 e. The van der Waals surface area contributed by atoms with Crippen LogP contribution in [0, 0.1) is 0 Å². The molecule has 162 valence electrons. The zero-order chi connectivity index (χ0) is 20.2. The summed E-state index contributed by atoms with van der Waals surface area (Å²) >= 11 is 0. The van der Waals surface area contributed by atoms with Crippen LogP contribution in [0.25, 0.3) is 0 Å².